The summed E-state index contributed by atoms with van der Waals surface area (Å²) >= 11 is 0. The van der Waals surface area contributed by atoms with Crippen molar-refractivity contribution in [2.45, 2.75) is 144 Å². The molecule has 2 rings (SSSR count). The Hall–Kier alpha value is -4.18. The lowest BCUT2D eigenvalue weighted by molar-refractivity contribution is -0.134. The molecular weight excluding hydrogens is 773 g/mol. The van der Waals surface area contributed by atoms with Gasteiger partial charge in [0.05, 0.1) is 13.2 Å². The topological polar surface area (TPSA) is 210 Å². The van der Waals surface area contributed by atoms with Crippen molar-refractivity contribution in [1.29, 1.82) is 0 Å². The minimum absolute atomic E-state index is 0.102. The van der Waals surface area contributed by atoms with Crippen LogP contribution >= 0.6 is 0 Å². The molecule has 340 valence electrons. The van der Waals surface area contributed by atoms with Crippen LogP contribution in [0.1, 0.15) is 139 Å². The Labute approximate surface area is 358 Å². The van der Waals surface area contributed by atoms with Crippen LogP contribution in [-0.2, 0) is 32.3 Å². The molecule has 6 N–H and O–H groups in total. The van der Waals surface area contributed by atoms with Crippen molar-refractivity contribution < 1.29 is 58.6 Å². The van der Waals surface area contributed by atoms with Gasteiger partial charge >= 0.3 is 11.9 Å². The highest BCUT2D eigenvalue weighted by Crippen LogP contribution is 2.24. The zero-order valence-electron chi connectivity index (χ0n) is 37.3. The number of nitrogens with one attached hydrogen (secondary N) is 2. The van der Waals surface area contributed by atoms with Crippen molar-refractivity contribution in [3.63, 3.8) is 0 Å². The summed E-state index contributed by atoms with van der Waals surface area (Å²) in [4.78, 5) is 43.1. The average molecular weight is 847 g/mol. The first kappa shape index (κ1) is 55.8. The van der Waals surface area contributed by atoms with Crippen molar-refractivity contribution in [2.24, 2.45) is 0 Å². The summed E-state index contributed by atoms with van der Waals surface area (Å²) in [6, 6.07) is 11.5. The van der Waals surface area contributed by atoms with Crippen LogP contribution in [0.2, 0.25) is 0 Å². The standard InChI is InChI=1S/2C21H35NO4.C4H4O4/c2*1-5-7-8-11-25-14-18-12-17(20(24)6-2)9-10-21(18)26-15-19(23)13-22-16(3)4;5-3(6)1-2-4(7)8/h2*9-10,12,16,19,22-23H,5-8,11,13-15H2,1-4H3;1-2H,(H,5,6)(H,7,8)/b;;2-1+. The van der Waals surface area contributed by atoms with Crippen molar-refractivity contribution in [1.82, 2.24) is 10.6 Å². The molecule has 14 heteroatoms. The second-order valence-corrected chi connectivity index (χ2v) is 14.8. The summed E-state index contributed by atoms with van der Waals surface area (Å²) < 4.78 is 23.1. The number of Topliss-reactive ketones (excluding diaryl/α,β-unsaturated/α-hetero) is 2. The number of carboxylic acid groups (broad SMARTS) is 2. The molecule has 0 amide bonds. The number of hydrogen-bond donors (Lipinski definition) is 6. The van der Waals surface area contributed by atoms with E-state index in [9.17, 15) is 29.4 Å². The molecule has 2 atom stereocenters. The number of carbonyl (C=O) groups is 4. The molecule has 0 aliphatic carbocycles. The van der Waals surface area contributed by atoms with Crippen LogP contribution in [-0.4, -0.2) is 108 Å². The minimum Gasteiger partial charge on any atom is -0.490 e. The van der Waals surface area contributed by atoms with Gasteiger partial charge in [-0.15, -0.1) is 0 Å². The summed E-state index contributed by atoms with van der Waals surface area (Å²) in [6.45, 7) is 19.7. The van der Waals surface area contributed by atoms with E-state index in [1.165, 1.54) is 0 Å². The van der Waals surface area contributed by atoms with Gasteiger partial charge in [0, 0.05) is 85.6 Å². The smallest absolute Gasteiger partial charge is 0.328 e. The largest absolute Gasteiger partial charge is 0.490 e. The summed E-state index contributed by atoms with van der Waals surface area (Å²) in [5, 5.41) is 42.1. The molecule has 0 aliphatic heterocycles. The number of aliphatic hydroxyl groups is 2. The molecule has 60 heavy (non-hydrogen) atoms. The van der Waals surface area contributed by atoms with Gasteiger partial charge in [-0.2, -0.15) is 0 Å². The van der Waals surface area contributed by atoms with Gasteiger partial charge in [0.2, 0.25) is 0 Å². The predicted octanol–water partition coefficient (Wildman–Crippen LogP) is 7.16. The lowest BCUT2D eigenvalue weighted by Crippen LogP contribution is -2.35. The fourth-order valence-electron chi connectivity index (χ4n) is 5.07. The highest BCUT2D eigenvalue weighted by Gasteiger charge is 2.14. The molecule has 2 unspecified atom stereocenters. The van der Waals surface area contributed by atoms with E-state index in [1.54, 1.807) is 24.3 Å². The van der Waals surface area contributed by atoms with E-state index in [1.807, 2.05) is 53.7 Å². The van der Waals surface area contributed by atoms with Crippen LogP contribution < -0.4 is 20.1 Å². The summed E-state index contributed by atoms with van der Waals surface area (Å²) in [7, 11) is 0. The minimum atomic E-state index is -1.26. The first-order valence-corrected chi connectivity index (χ1v) is 21.3. The maximum absolute atomic E-state index is 12.0. The van der Waals surface area contributed by atoms with E-state index >= 15 is 0 Å². The van der Waals surface area contributed by atoms with Gasteiger partial charge < -0.3 is 50.0 Å². The number of hydrogen-bond acceptors (Lipinski definition) is 12. The van der Waals surface area contributed by atoms with Crippen LogP contribution in [0.25, 0.3) is 0 Å². The van der Waals surface area contributed by atoms with E-state index in [-0.39, 0.29) is 24.8 Å². The maximum Gasteiger partial charge on any atom is 0.328 e. The molecule has 0 fully saturated rings. The number of benzene rings is 2. The molecule has 2 aromatic rings. The highest BCUT2D eigenvalue weighted by atomic mass is 16.5. The second kappa shape index (κ2) is 34.5. The Kier molecular flexibility index (Phi) is 32.1. The predicted molar refractivity (Wildman–Crippen MR) is 234 cm³/mol. The van der Waals surface area contributed by atoms with E-state index in [0.717, 1.165) is 49.7 Å². The van der Waals surface area contributed by atoms with Gasteiger partial charge in [0.15, 0.2) is 11.6 Å². The van der Waals surface area contributed by atoms with Crippen LogP contribution in [0.5, 0.6) is 11.5 Å². The Morgan fingerprint density at radius 2 is 0.967 bits per heavy atom. The molecule has 0 aliphatic rings. The fourth-order valence-corrected chi connectivity index (χ4v) is 5.07. The third-order valence-corrected chi connectivity index (χ3v) is 8.46. The fraction of sp³-hybridized carbons (Fsp3) is 0.609. The zero-order valence-corrected chi connectivity index (χ0v) is 37.3. The van der Waals surface area contributed by atoms with Gasteiger partial charge in [-0.1, -0.05) is 81.1 Å². The molecule has 0 heterocycles. The third-order valence-electron chi connectivity index (χ3n) is 8.46. The highest BCUT2D eigenvalue weighted by molar-refractivity contribution is 5.96. The SMILES string of the molecule is CCCCCOCc1cc(C(=O)CC)ccc1OCC(O)CNC(C)C.CCCCCOCc1cc(C(=O)CC)ccc1OCC(O)CNC(C)C.O=C(O)/C=C/C(=O)O. The Bertz CT molecular complexity index is 1420. The van der Waals surface area contributed by atoms with Crippen molar-refractivity contribution in [3.05, 3.63) is 70.8 Å². The molecule has 0 aromatic heterocycles. The molecule has 2 aromatic carbocycles. The summed E-state index contributed by atoms with van der Waals surface area (Å²) in [5.74, 6) is -0.983. The molecule has 14 nitrogen and oxygen atoms in total. The van der Waals surface area contributed by atoms with Crippen LogP contribution in [0.15, 0.2) is 48.6 Å². The normalized spacial score (nSPS) is 12.0. The van der Waals surface area contributed by atoms with Gasteiger partial charge in [0.25, 0.3) is 0 Å². The van der Waals surface area contributed by atoms with E-state index in [4.69, 9.17) is 29.2 Å². The molecule has 0 radical (unpaired) electrons. The second-order valence-electron chi connectivity index (χ2n) is 14.8. The number of aliphatic carboxylic acids is 2. The number of aliphatic hydroxyl groups excluding tert-OH is 2. The van der Waals surface area contributed by atoms with Gasteiger partial charge in [-0.05, 0) is 49.2 Å². The molecule has 0 saturated carbocycles. The lowest BCUT2D eigenvalue weighted by Gasteiger charge is -2.17. The zero-order chi connectivity index (χ0) is 45.3. The maximum atomic E-state index is 12.0. The molecule has 0 bridgehead atoms. The molecule has 0 spiro atoms. The number of ketones is 2. The lowest BCUT2D eigenvalue weighted by atomic mass is 10.1. The van der Waals surface area contributed by atoms with Crippen molar-refractivity contribution >= 4 is 23.5 Å². The number of ether oxygens (including phenoxy) is 4. The number of carboxylic acids is 2. The van der Waals surface area contributed by atoms with Gasteiger partial charge in [0.1, 0.15) is 36.9 Å². The molecule has 0 saturated heterocycles. The first-order valence-electron chi connectivity index (χ1n) is 21.3. The quantitative estimate of drug-likeness (QED) is 0.0262. The van der Waals surface area contributed by atoms with Crippen LogP contribution in [0.3, 0.4) is 0 Å². The Morgan fingerprint density at radius 1 is 0.600 bits per heavy atom. The van der Waals surface area contributed by atoms with E-state index in [0.29, 0.717) is 99.2 Å². The van der Waals surface area contributed by atoms with Crippen LogP contribution in [0.4, 0.5) is 0 Å². The number of carbonyl (C=O) groups excluding carboxylic acids is 2. The van der Waals surface area contributed by atoms with Crippen LogP contribution in [0, 0.1) is 0 Å². The van der Waals surface area contributed by atoms with Gasteiger partial charge in [-0.25, -0.2) is 9.59 Å². The average Bonchev–Trinajstić information content (AvgIpc) is 3.22. The Morgan fingerprint density at radius 3 is 1.27 bits per heavy atom. The van der Waals surface area contributed by atoms with Crippen molar-refractivity contribution in [3.8, 4) is 11.5 Å². The van der Waals surface area contributed by atoms with E-state index < -0.39 is 24.1 Å². The third kappa shape index (κ3) is 28.3. The summed E-state index contributed by atoms with van der Waals surface area (Å²) in [5.41, 5.74) is 3.05. The number of rotatable bonds is 30. The number of unbranched alkanes of at least 4 members (excludes halogenated alkanes) is 4. The van der Waals surface area contributed by atoms with Gasteiger partial charge in [-0.3, -0.25) is 9.59 Å². The van der Waals surface area contributed by atoms with E-state index in [2.05, 4.69) is 24.5 Å². The summed E-state index contributed by atoms with van der Waals surface area (Å²) in [6.07, 6.45) is 7.53. The molecular formula is C46H74N2O12. The van der Waals surface area contributed by atoms with Crippen molar-refractivity contribution in [2.75, 3.05) is 39.5 Å². The monoisotopic (exact) mass is 847 g/mol. The first-order chi connectivity index (χ1) is 28.6. The Balaban J connectivity index is 0.000000982.